The molecule has 2 amide bonds. The fourth-order valence-corrected chi connectivity index (χ4v) is 3.01. The summed E-state index contributed by atoms with van der Waals surface area (Å²) in [5.41, 5.74) is 0.764. The van der Waals surface area contributed by atoms with E-state index in [9.17, 15) is 9.59 Å². The number of carbonyl (C=O) groups excluding carboxylic acids is 2. The minimum atomic E-state index is -0.617. The monoisotopic (exact) mass is 359 g/mol. The number of amides is 2. The van der Waals surface area contributed by atoms with Gasteiger partial charge in [0.1, 0.15) is 11.8 Å². The van der Waals surface area contributed by atoms with E-state index in [0.29, 0.717) is 12.3 Å². The topological polar surface area (TPSA) is 80.3 Å². The highest BCUT2D eigenvalue weighted by molar-refractivity contribution is 7.99. The normalized spacial score (nSPS) is 11.4. The number of methoxy groups -OCH3 is 1. The van der Waals surface area contributed by atoms with Gasteiger partial charge in [-0.1, -0.05) is 6.07 Å². The molecule has 0 saturated heterocycles. The van der Waals surface area contributed by atoms with Crippen molar-refractivity contribution in [3.05, 3.63) is 54.4 Å². The Morgan fingerprint density at radius 2 is 1.96 bits per heavy atom. The Hall–Kier alpha value is -2.54. The number of hydrogen-bond donors (Lipinski definition) is 2. The van der Waals surface area contributed by atoms with E-state index in [0.717, 1.165) is 16.3 Å². The minimum Gasteiger partial charge on any atom is -0.497 e. The fraction of sp³-hybridized carbons (Fsp3) is 0.278. The lowest BCUT2D eigenvalue weighted by molar-refractivity contribution is -0.127. The van der Waals surface area contributed by atoms with Crippen LogP contribution in [0.5, 0.6) is 5.75 Å². The zero-order valence-corrected chi connectivity index (χ0v) is 15.0. The van der Waals surface area contributed by atoms with E-state index in [1.807, 2.05) is 42.5 Å². The molecule has 1 heterocycles. The van der Waals surface area contributed by atoms with Crippen LogP contribution in [-0.4, -0.2) is 35.7 Å². The van der Waals surface area contributed by atoms with E-state index < -0.39 is 6.04 Å². The first kappa shape index (κ1) is 18.8. The molecular formula is C18H21N3O3S. The van der Waals surface area contributed by atoms with Gasteiger partial charge in [0.15, 0.2) is 0 Å². The van der Waals surface area contributed by atoms with E-state index in [1.54, 1.807) is 13.3 Å². The van der Waals surface area contributed by atoms with E-state index in [1.165, 1.54) is 18.7 Å². The number of hydrogen-bond acceptors (Lipinski definition) is 5. The Balaban J connectivity index is 1.92. The lowest BCUT2D eigenvalue weighted by Crippen LogP contribution is -2.47. The zero-order valence-electron chi connectivity index (χ0n) is 14.2. The van der Waals surface area contributed by atoms with Gasteiger partial charge in [-0.15, -0.1) is 11.8 Å². The maximum Gasteiger partial charge on any atom is 0.243 e. The second kappa shape index (κ2) is 9.68. The molecule has 132 valence electrons. The standard InChI is InChI=1S/C18H21N3O3S/c1-13(22)21-17(12-25-16-8-6-15(24-2)7-9-16)18(23)20-11-14-5-3-4-10-19-14/h3-10,17H,11-12H2,1-2H3,(H,20,23)(H,21,22). The van der Waals surface area contributed by atoms with Gasteiger partial charge in [-0.3, -0.25) is 14.6 Å². The van der Waals surface area contributed by atoms with Gasteiger partial charge in [-0.25, -0.2) is 0 Å². The van der Waals surface area contributed by atoms with Gasteiger partial charge < -0.3 is 15.4 Å². The van der Waals surface area contributed by atoms with Crippen LogP contribution in [0.1, 0.15) is 12.6 Å². The summed E-state index contributed by atoms with van der Waals surface area (Å²) in [5.74, 6) is 0.728. The smallest absolute Gasteiger partial charge is 0.243 e. The summed E-state index contributed by atoms with van der Waals surface area (Å²) in [6.07, 6.45) is 1.67. The maximum atomic E-state index is 12.4. The van der Waals surface area contributed by atoms with Gasteiger partial charge in [-0.05, 0) is 36.4 Å². The summed E-state index contributed by atoms with van der Waals surface area (Å²) < 4.78 is 5.12. The Morgan fingerprint density at radius 1 is 1.20 bits per heavy atom. The second-order valence-corrected chi connectivity index (χ2v) is 6.37. The van der Waals surface area contributed by atoms with Crippen LogP contribution in [0.25, 0.3) is 0 Å². The Labute approximate surface area is 151 Å². The van der Waals surface area contributed by atoms with Crippen molar-refractivity contribution in [1.82, 2.24) is 15.6 Å². The lowest BCUT2D eigenvalue weighted by atomic mass is 10.3. The Bertz CT molecular complexity index is 692. The third kappa shape index (κ3) is 6.46. The number of thioether (sulfide) groups is 1. The fourth-order valence-electron chi connectivity index (χ4n) is 2.08. The summed E-state index contributed by atoms with van der Waals surface area (Å²) >= 11 is 1.49. The average molecular weight is 359 g/mol. The van der Waals surface area contributed by atoms with Crippen molar-refractivity contribution in [1.29, 1.82) is 0 Å². The van der Waals surface area contributed by atoms with E-state index >= 15 is 0 Å². The molecule has 6 nitrogen and oxygen atoms in total. The third-order valence-electron chi connectivity index (χ3n) is 3.34. The largest absolute Gasteiger partial charge is 0.497 e. The lowest BCUT2D eigenvalue weighted by Gasteiger charge is -2.17. The molecule has 0 radical (unpaired) electrons. The molecule has 2 N–H and O–H groups in total. The highest BCUT2D eigenvalue weighted by Crippen LogP contribution is 2.22. The molecular weight excluding hydrogens is 338 g/mol. The molecule has 2 rings (SSSR count). The molecule has 0 spiro atoms. The number of nitrogens with one attached hydrogen (secondary N) is 2. The van der Waals surface area contributed by atoms with Crippen LogP contribution in [-0.2, 0) is 16.1 Å². The van der Waals surface area contributed by atoms with E-state index in [2.05, 4.69) is 15.6 Å². The number of carbonyl (C=O) groups is 2. The summed E-state index contributed by atoms with van der Waals surface area (Å²) in [6, 6.07) is 12.4. The highest BCUT2D eigenvalue weighted by Gasteiger charge is 2.19. The molecule has 1 aromatic heterocycles. The third-order valence-corrected chi connectivity index (χ3v) is 4.45. The van der Waals surface area contributed by atoms with Crippen molar-refractivity contribution in [2.75, 3.05) is 12.9 Å². The number of nitrogens with zero attached hydrogens (tertiary/aromatic N) is 1. The van der Waals surface area contributed by atoms with Crippen LogP contribution in [0.15, 0.2) is 53.6 Å². The molecule has 25 heavy (non-hydrogen) atoms. The first-order chi connectivity index (χ1) is 12.1. The van der Waals surface area contributed by atoms with Crippen LogP contribution in [0.3, 0.4) is 0 Å². The van der Waals surface area contributed by atoms with E-state index in [-0.39, 0.29) is 11.8 Å². The predicted octanol–water partition coefficient (Wildman–Crippen LogP) is 2.00. The minimum absolute atomic E-state index is 0.234. The number of benzene rings is 1. The number of aromatic nitrogens is 1. The van der Waals surface area contributed by atoms with Crippen molar-refractivity contribution in [2.24, 2.45) is 0 Å². The first-order valence-electron chi connectivity index (χ1n) is 7.80. The van der Waals surface area contributed by atoms with Crippen molar-refractivity contribution < 1.29 is 14.3 Å². The van der Waals surface area contributed by atoms with Crippen LogP contribution < -0.4 is 15.4 Å². The van der Waals surface area contributed by atoms with Gasteiger partial charge in [-0.2, -0.15) is 0 Å². The molecule has 1 aromatic carbocycles. The molecule has 0 aliphatic heterocycles. The Kier molecular flexibility index (Phi) is 7.28. The van der Waals surface area contributed by atoms with Crippen LogP contribution in [0, 0.1) is 0 Å². The van der Waals surface area contributed by atoms with Crippen molar-refractivity contribution in [2.45, 2.75) is 24.4 Å². The van der Waals surface area contributed by atoms with Crippen molar-refractivity contribution >= 4 is 23.6 Å². The molecule has 0 fully saturated rings. The van der Waals surface area contributed by atoms with Gasteiger partial charge in [0.05, 0.1) is 19.3 Å². The van der Waals surface area contributed by atoms with Crippen LogP contribution in [0.4, 0.5) is 0 Å². The maximum absolute atomic E-state index is 12.4. The van der Waals surface area contributed by atoms with Gasteiger partial charge in [0.2, 0.25) is 11.8 Å². The molecule has 0 saturated carbocycles. The van der Waals surface area contributed by atoms with Crippen molar-refractivity contribution in [3.63, 3.8) is 0 Å². The molecule has 0 aliphatic carbocycles. The molecule has 0 aliphatic rings. The number of rotatable bonds is 8. The quantitative estimate of drug-likeness (QED) is 0.705. The highest BCUT2D eigenvalue weighted by atomic mass is 32.2. The second-order valence-electron chi connectivity index (χ2n) is 5.28. The zero-order chi connectivity index (χ0) is 18.1. The molecule has 1 unspecified atom stereocenters. The van der Waals surface area contributed by atoms with Gasteiger partial charge in [0.25, 0.3) is 0 Å². The number of pyridine rings is 1. The SMILES string of the molecule is COc1ccc(SCC(NC(C)=O)C(=O)NCc2ccccn2)cc1. The van der Waals surface area contributed by atoms with Crippen LogP contribution >= 0.6 is 11.8 Å². The summed E-state index contributed by atoms with van der Waals surface area (Å²) in [6.45, 7) is 1.72. The van der Waals surface area contributed by atoms with Crippen molar-refractivity contribution in [3.8, 4) is 5.75 Å². The Morgan fingerprint density at radius 3 is 2.56 bits per heavy atom. The molecule has 2 aromatic rings. The summed E-state index contributed by atoms with van der Waals surface area (Å²) in [7, 11) is 1.61. The van der Waals surface area contributed by atoms with Gasteiger partial charge >= 0.3 is 0 Å². The van der Waals surface area contributed by atoms with E-state index in [4.69, 9.17) is 4.74 Å². The average Bonchev–Trinajstić information content (AvgIpc) is 2.64. The molecule has 7 heteroatoms. The molecule has 0 bridgehead atoms. The van der Waals surface area contributed by atoms with Gasteiger partial charge in [0, 0.05) is 23.8 Å². The predicted molar refractivity (Wildman–Crippen MR) is 97.4 cm³/mol. The summed E-state index contributed by atoms with van der Waals surface area (Å²) in [4.78, 5) is 28.9. The summed E-state index contributed by atoms with van der Waals surface area (Å²) in [5, 5.41) is 5.50. The molecule has 1 atom stereocenters. The first-order valence-corrected chi connectivity index (χ1v) is 8.78. The van der Waals surface area contributed by atoms with Crippen LogP contribution in [0.2, 0.25) is 0 Å². The number of ether oxygens (including phenoxy) is 1.